The lowest BCUT2D eigenvalue weighted by Gasteiger charge is -2.07. The average Bonchev–Trinajstić information content (AvgIpc) is 2.72. The molecule has 0 spiro atoms. The fourth-order valence-corrected chi connectivity index (χ4v) is 2.01. The summed E-state index contributed by atoms with van der Waals surface area (Å²) in [5, 5.41) is 10.8. The number of H-pyrrole nitrogens is 1. The van der Waals surface area contributed by atoms with Crippen molar-refractivity contribution >= 4 is 10.9 Å². The molecular formula is C12H12F2N2O3. The highest BCUT2D eigenvalue weighted by Crippen LogP contribution is 2.32. The molecule has 1 unspecified atom stereocenters. The second-order valence-corrected chi connectivity index (χ2v) is 4.28. The second-order valence-electron chi connectivity index (χ2n) is 4.28. The van der Waals surface area contributed by atoms with Gasteiger partial charge in [-0.15, -0.1) is 0 Å². The molecule has 102 valence electrons. The van der Waals surface area contributed by atoms with Gasteiger partial charge >= 0.3 is 0 Å². The van der Waals surface area contributed by atoms with Gasteiger partial charge in [-0.05, 0) is 5.56 Å². The van der Waals surface area contributed by atoms with Gasteiger partial charge in [0.1, 0.15) is 0 Å². The van der Waals surface area contributed by atoms with Gasteiger partial charge in [0.15, 0.2) is 17.4 Å². The van der Waals surface area contributed by atoms with Crippen LogP contribution in [0.3, 0.4) is 0 Å². The third kappa shape index (κ3) is 2.23. The first-order valence-electron chi connectivity index (χ1n) is 5.61. The monoisotopic (exact) mass is 270 g/mol. The molecule has 2 rings (SSSR count). The molecule has 2 aromatic rings. The number of aromatic nitrogens is 1. The van der Waals surface area contributed by atoms with Gasteiger partial charge in [0.05, 0.1) is 12.6 Å². The first-order valence-corrected chi connectivity index (χ1v) is 5.61. The molecular weight excluding hydrogens is 258 g/mol. The van der Waals surface area contributed by atoms with E-state index in [0.29, 0.717) is 5.56 Å². The number of methoxy groups -OCH3 is 1. The number of halogens is 2. The number of aromatic amines is 1. The number of hydrogen-bond acceptors (Lipinski definition) is 3. The van der Waals surface area contributed by atoms with Crippen LogP contribution in [0.25, 0.3) is 10.9 Å². The maximum Gasteiger partial charge on any atom is 0.214 e. The predicted octanol–water partition coefficient (Wildman–Crippen LogP) is 2.66. The summed E-state index contributed by atoms with van der Waals surface area (Å²) in [6, 6.07) is 0.256. The first kappa shape index (κ1) is 13.3. The topological polar surface area (TPSA) is 68.2 Å². The molecule has 1 heterocycles. The quantitative estimate of drug-likeness (QED) is 0.686. The number of ether oxygens (including phenoxy) is 1. The molecule has 0 saturated heterocycles. The highest BCUT2D eigenvalue weighted by molar-refractivity contribution is 5.85. The largest absolute Gasteiger partial charge is 0.491 e. The molecule has 1 atom stereocenters. The van der Waals surface area contributed by atoms with Crippen LogP contribution in [-0.2, 0) is 6.42 Å². The van der Waals surface area contributed by atoms with Gasteiger partial charge in [-0.25, -0.2) is 8.78 Å². The van der Waals surface area contributed by atoms with E-state index >= 15 is 0 Å². The van der Waals surface area contributed by atoms with Crippen LogP contribution in [0.2, 0.25) is 0 Å². The normalized spacial score (nSPS) is 12.6. The van der Waals surface area contributed by atoms with Crippen molar-refractivity contribution in [1.82, 2.24) is 4.98 Å². The van der Waals surface area contributed by atoms with E-state index in [9.17, 15) is 18.9 Å². The highest BCUT2D eigenvalue weighted by Gasteiger charge is 2.22. The Morgan fingerprint density at radius 1 is 1.53 bits per heavy atom. The zero-order valence-electron chi connectivity index (χ0n) is 10.4. The predicted molar refractivity (Wildman–Crippen MR) is 64.9 cm³/mol. The fourth-order valence-electron chi connectivity index (χ4n) is 2.01. The Balaban J connectivity index is 2.55. The smallest absolute Gasteiger partial charge is 0.214 e. The second kappa shape index (κ2) is 4.83. The molecule has 0 fully saturated rings. The number of fused-ring (bicyclic) bond motifs is 1. The standard InChI is InChI=1S/C12H12F2N2O3/c1-6(16(17)18)3-7-5-15-9-4-8(13)12(19-2)11(14)10(7)9/h4-6,15H,3H2,1-2H3. The Kier molecular flexibility index (Phi) is 3.37. The molecule has 5 nitrogen and oxygen atoms in total. The summed E-state index contributed by atoms with van der Waals surface area (Å²) < 4.78 is 32.3. The third-order valence-electron chi connectivity index (χ3n) is 2.98. The Morgan fingerprint density at radius 3 is 2.79 bits per heavy atom. The fraction of sp³-hybridized carbons (Fsp3) is 0.333. The van der Waals surface area contributed by atoms with E-state index in [1.807, 2.05) is 0 Å². The third-order valence-corrected chi connectivity index (χ3v) is 2.98. The molecule has 0 aliphatic rings. The molecule has 0 aliphatic heterocycles. The van der Waals surface area contributed by atoms with Crippen molar-refractivity contribution in [3.8, 4) is 5.75 Å². The van der Waals surface area contributed by atoms with Gasteiger partial charge in [-0.3, -0.25) is 10.1 Å². The first-order chi connectivity index (χ1) is 8.95. The summed E-state index contributed by atoms with van der Waals surface area (Å²) in [6.45, 7) is 1.43. The van der Waals surface area contributed by atoms with Gasteiger partial charge in [-0.1, -0.05) is 0 Å². The SMILES string of the molecule is COc1c(F)cc2[nH]cc(CC(C)[N+](=O)[O-])c2c1F. The summed E-state index contributed by atoms with van der Waals surface area (Å²) in [5.74, 6) is -2.14. The van der Waals surface area contributed by atoms with Crippen LogP contribution in [-0.4, -0.2) is 23.1 Å². The van der Waals surface area contributed by atoms with Crippen molar-refractivity contribution in [2.24, 2.45) is 0 Å². The maximum absolute atomic E-state index is 14.1. The number of nitrogens with one attached hydrogen (secondary N) is 1. The van der Waals surface area contributed by atoms with E-state index in [0.717, 1.165) is 6.07 Å². The van der Waals surface area contributed by atoms with Crippen LogP contribution in [0, 0.1) is 21.7 Å². The van der Waals surface area contributed by atoms with Crippen molar-refractivity contribution in [3.05, 3.63) is 39.6 Å². The number of rotatable bonds is 4. The molecule has 0 aliphatic carbocycles. The van der Waals surface area contributed by atoms with Crippen LogP contribution in [0.5, 0.6) is 5.75 Å². The van der Waals surface area contributed by atoms with E-state index in [4.69, 9.17) is 0 Å². The zero-order valence-corrected chi connectivity index (χ0v) is 10.4. The molecule has 0 bridgehead atoms. The number of benzene rings is 1. The van der Waals surface area contributed by atoms with Gasteiger partial charge in [-0.2, -0.15) is 0 Å². The molecule has 0 radical (unpaired) electrons. The van der Waals surface area contributed by atoms with E-state index in [1.165, 1.54) is 20.2 Å². The number of hydrogen-bond donors (Lipinski definition) is 1. The summed E-state index contributed by atoms with van der Waals surface area (Å²) in [5.41, 5.74) is 0.677. The minimum Gasteiger partial charge on any atom is -0.491 e. The van der Waals surface area contributed by atoms with E-state index < -0.39 is 28.3 Å². The van der Waals surface area contributed by atoms with E-state index in [2.05, 4.69) is 9.72 Å². The van der Waals surface area contributed by atoms with Crippen LogP contribution >= 0.6 is 0 Å². The minimum absolute atomic E-state index is 0.0543. The lowest BCUT2D eigenvalue weighted by molar-refractivity contribution is -0.517. The van der Waals surface area contributed by atoms with Gasteiger partial charge in [0.25, 0.3) is 0 Å². The zero-order chi connectivity index (χ0) is 14.2. The Hall–Kier alpha value is -2.18. The number of nitro groups is 1. The van der Waals surface area contributed by atoms with Gasteiger partial charge in [0, 0.05) is 35.9 Å². The lowest BCUT2D eigenvalue weighted by atomic mass is 10.1. The minimum atomic E-state index is -0.852. The summed E-state index contributed by atoms with van der Waals surface area (Å²) in [7, 11) is 1.17. The molecule has 19 heavy (non-hydrogen) atoms. The number of nitrogens with zero attached hydrogens (tertiary/aromatic N) is 1. The van der Waals surface area contributed by atoms with Crippen LogP contribution in [0.15, 0.2) is 12.3 Å². The van der Waals surface area contributed by atoms with Gasteiger partial charge < -0.3 is 9.72 Å². The summed E-state index contributed by atoms with van der Waals surface area (Å²) in [6.07, 6.45) is 1.51. The molecule has 0 amide bonds. The van der Waals surface area contributed by atoms with E-state index in [1.54, 1.807) is 0 Å². The molecule has 1 N–H and O–H groups in total. The van der Waals surface area contributed by atoms with Crippen LogP contribution in [0.1, 0.15) is 12.5 Å². The summed E-state index contributed by atoms with van der Waals surface area (Å²) in [4.78, 5) is 12.9. The van der Waals surface area contributed by atoms with Gasteiger partial charge in [0.2, 0.25) is 6.04 Å². The highest BCUT2D eigenvalue weighted by atomic mass is 19.1. The lowest BCUT2D eigenvalue weighted by Crippen LogP contribution is -2.17. The Morgan fingerprint density at radius 2 is 2.21 bits per heavy atom. The van der Waals surface area contributed by atoms with Crippen molar-refractivity contribution < 1.29 is 18.4 Å². The van der Waals surface area contributed by atoms with Crippen molar-refractivity contribution in [2.75, 3.05) is 7.11 Å². The van der Waals surface area contributed by atoms with E-state index in [-0.39, 0.29) is 17.3 Å². The Labute approximate surface area is 107 Å². The van der Waals surface area contributed by atoms with Crippen LogP contribution < -0.4 is 4.74 Å². The maximum atomic E-state index is 14.1. The van der Waals surface area contributed by atoms with Crippen LogP contribution in [0.4, 0.5) is 8.78 Å². The molecule has 0 saturated carbocycles. The molecule has 1 aromatic carbocycles. The summed E-state index contributed by atoms with van der Waals surface area (Å²) >= 11 is 0. The van der Waals surface area contributed by atoms with Crippen molar-refractivity contribution in [1.29, 1.82) is 0 Å². The van der Waals surface area contributed by atoms with Crippen molar-refractivity contribution in [3.63, 3.8) is 0 Å². The molecule has 1 aromatic heterocycles. The molecule has 7 heteroatoms. The Bertz CT molecular complexity index is 639. The van der Waals surface area contributed by atoms with Crippen molar-refractivity contribution in [2.45, 2.75) is 19.4 Å². The average molecular weight is 270 g/mol.